The highest BCUT2D eigenvalue weighted by Crippen LogP contribution is 2.20. The number of phenols is 1. The molecule has 2 unspecified atom stereocenters. The molecule has 2 rings (SSSR count). The van der Waals surface area contributed by atoms with E-state index in [4.69, 9.17) is 5.73 Å². The summed E-state index contributed by atoms with van der Waals surface area (Å²) in [6, 6.07) is 4.92. The molecule has 4 N–H and O–H groups in total. The highest BCUT2D eigenvalue weighted by Gasteiger charge is 2.35. The van der Waals surface area contributed by atoms with Gasteiger partial charge >= 0.3 is 0 Å². The Hall–Kier alpha value is -1.55. The van der Waals surface area contributed by atoms with E-state index in [-0.39, 0.29) is 23.7 Å². The minimum Gasteiger partial charge on any atom is -0.508 e. The normalized spacial score (nSPS) is 23.6. The van der Waals surface area contributed by atoms with Gasteiger partial charge in [-0.15, -0.1) is 0 Å². The first-order valence-electron chi connectivity index (χ1n) is 4.94. The molecule has 1 saturated carbocycles. The number of aryl methyl sites for hydroxylation is 1. The SMILES string of the molecule is Cc1cc(O)ccc1C(=O)NC1CC1N. The summed E-state index contributed by atoms with van der Waals surface area (Å²) in [7, 11) is 0. The molecule has 80 valence electrons. The van der Waals surface area contributed by atoms with Crippen molar-refractivity contribution in [3.05, 3.63) is 29.3 Å². The Morgan fingerprint density at radius 3 is 2.80 bits per heavy atom. The number of rotatable bonds is 2. The molecule has 0 heterocycles. The molecule has 0 saturated heterocycles. The van der Waals surface area contributed by atoms with Gasteiger partial charge in [0.25, 0.3) is 5.91 Å². The molecule has 1 aliphatic rings. The number of aromatic hydroxyl groups is 1. The van der Waals surface area contributed by atoms with Crippen molar-refractivity contribution in [2.75, 3.05) is 0 Å². The molecule has 1 fully saturated rings. The highest BCUT2D eigenvalue weighted by atomic mass is 16.3. The average molecular weight is 206 g/mol. The van der Waals surface area contributed by atoms with Gasteiger partial charge in [0.05, 0.1) is 0 Å². The van der Waals surface area contributed by atoms with Gasteiger partial charge in [0.15, 0.2) is 0 Å². The summed E-state index contributed by atoms with van der Waals surface area (Å²) in [6.07, 6.45) is 0.850. The molecule has 1 amide bonds. The van der Waals surface area contributed by atoms with E-state index < -0.39 is 0 Å². The molecule has 0 bridgehead atoms. The molecule has 0 aromatic heterocycles. The average Bonchev–Trinajstić information content (AvgIpc) is 2.81. The first-order valence-corrected chi connectivity index (χ1v) is 4.94. The van der Waals surface area contributed by atoms with Crippen molar-refractivity contribution < 1.29 is 9.90 Å². The smallest absolute Gasteiger partial charge is 0.251 e. The molecule has 0 spiro atoms. The third kappa shape index (κ3) is 2.10. The van der Waals surface area contributed by atoms with Gasteiger partial charge in [-0.2, -0.15) is 0 Å². The molecule has 0 aliphatic heterocycles. The summed E-state index contributed by atoms with van der Waals surface area (Å²) >= 11 is 0. The van der Waals surface area contributed by atoms with Crippen molar-refractivity contribution in [3.8, 4) is 5.75 Å². The van der Waals surface area contributed by atoms with Crippen LogP contribution in [0.1, 0.15) is 22.3 Å². The second-order valence-electron chi connectivity index (χ2n) is 3.98. The number of nitrogens with two attached hydrogens (primary N) is 1. The van der Waals surface area contributed by atoms with E-state index in [0.29, 0.717) is 5.56 Å². The standard InChI is InChI=1S/C11H14N2O2/c1-6-4-7(14)2-3-8(6)11(15)13-10-5-9(10)12/h2-4,9-10,14H,5,12H2,1H3,(H,13,15). The maximum Gasteiger partial charge on any atom is 0.251 e. The third-order valence-corrected chi connectivity index (χ3v) is 2.61. The van der Waals surface area contributed by atoms with Crippen molar-refractivity contribution in [1.29, 1.82) is 0 Å². The Balaban J connectivity index is 2.11. The molecule has 15 heavy (non-hydrogen) atoms. The van der Waals surface area contributed by atoms with Crippen molar-refractivity contribution in [2.45, 2.75) is 25.4 Å². The van der Waals surface area contributed by atoms with Crippen LogP contribution in [0.15, 0.2) is 18.2 Å². The van der Waals surface area contributed by atoms with E-state index in [9.17, 15) is 9.90 Å². The minimum atomic E-state index is -0.120. The van der Waals surface area contributed by atoms with Crippen molar-refractivity contribution in [3.63, 3.8) is 0 Å². The zero-order valence-electron chi connectivity index (χ0n) is 8.53. The van der Waals surface area contributed by atoms with Gasteiger partial charge in [0, 0.05) is 17.6 Å². The van der Waals surface area contributed by atoms with E-state index in [0.717, 1.165) is 12.0 Å². The van der Waals surface area contributed by atoms with Crippen molar-refractivity contribution in [2.24, 2.45) is 5.73 Å². The van der Waals surface area contributed by atoms with Crippen LogP contribution in [0, 0.1) is 6.92 Å². The molecule has 2 atom stereocenters. The van der Waals surface area contributed by atoms with Crippen LogP contribution >= 0.6 is 0 Å². The molecule has 1 aliphatic carbocycles. The predicted molar refractivity (Wildman–Crippen MR) is 56.7 cm³/mol. The van der Waals surface area contributed by atoms with E-state index in [1.54, 1.807) is 19.1 Å². The summed E-state index contributed by atoms with van der Waals surface area (Å²) in [6.45, 7) is 1.79. The topological polar surface area (TPSA) is 75.3 Å². The maximum absolute atomic E-state index is 11.7. The Kier molecular flexibility index (Phi) is 2.36. The number of phenolic OH excluding ortho intramolecular Hbond substituents is 1. The lowest BCUT2D eigenvalue weighted by Crippen LogP contribution is -2.30. The van der Waals surface area contributed by atoms with Gasteiger partial charge in [-0.25, -0.2) is 0 Å². The summed E-state index contributed by atoms with van der Waals surface area (Å²) in [5.41, 5.74) is 6.96. The molecule has 4 heteroatoms. The van der Waals surface area contributed by atoms with Crippen LogP contribution in [0.5, 0.6) is 5.75 Å². The van der Waals surface area contributed by atoms with Crippen LogP contribution in [0.2, 0.25) is 0 Å². The van der Waals surface area contributed by atoms with E-state index in [2.05, 4.69) is 5.32 Å². The second kappa shape index (κ2) is 3.55. The fourth-order valence-corrected chi connectivity index (χ4v) is 1.53. The largest absolute Gasteiger partial charge is 0.508 e. The molecule has 1 aromatic carbocycles. The molecule has 0 radical (unpaired) electrons. The summed E-state index contributed by atoms with van der Waals surface area (Å²) < 4.78 is 0. The van der Waals surface area contributed by atoms with Gasteiger partial charge in [-0.05, 0) is 37.1 Å². The predicted octanol–water partition coefficient (Wildman–Crippen LogP) is 0.530. The first kappa shape index (κ1) is 9.98. The molecule has 1 aromatic rings. The van der Waals surface area contributed by atoms with Gasteiger partial charge in [0.1, 0.15) is 5.75 Å². The lowest BCUT2D eigenvalue weighted by molar-refractivity contribution is 0.0949. The molecule has 4 nitrogen and oxygen atoms in total. The number of benzene rings is 1. The summed E-state index contributed by atoms with van der Waals surface area (Å²) in [4.78, 5) is 11.7. The van der Waals surface area contributed by atoms with Crippen LogP contribution in [0.4, 0.5) is 0 Å². The van der Waals surface area contributed by atoms with Crippen molar-refractivity contribution in [1.82, 2.24) is 5.32 Å². The van der Waals surface area contributed by atoms with Crippen LogP contribution in [-0.4, -0.2) is 23.1 Å². The van der Waals surface area contributed by atoms with Gasteiger partial charge in [-0.1, -0.05) is 0 Å². The van der Waals surface area contributed by atoms with E-state index in [1.165, 1.54) is 6.07 Å². The summed E-state index contributed by atoms with van der Waals surface area (Å²) in [5, 5.41) is 12.0. The number of nitrogens with one attached hydrogen (secondary N) is 1. The lowest BCUT2D eigenvalue weighted by atomic mass is 10.1. The van der Waals surface area contributed by atoms with Crippen LogP contribution in [-0.2, 0) is 0 Å². The van der Waals surface area contributed by atoms with Crippen LogP contribution in [0.25, 0.3) is 0 Å². The third-order valence-electron chi connectivity index (χ3n) is 2.61. The summed E-state index contributed by atoms with van der Waals surface area (Å²) in [5.74, 6) is 0.0534. The Labute approximate surface area is 88.1 Å². The monoisotopic (exact) mass is 206 g/mol. The van der Waals surface area contributed by atoms with Gasteiger partial charge in [0.2, 0.25) is 0 Å². The number of hydrogen-bond donors (Lipinski definition) is 3. The maximum atomic E-state index is 11.7. The van der Waals surface area contributed by atoms with E-state index in [1.807, 2.05) is 0 Å². The fourth-order valence-electron chi connectivity index (χ4n) is 1.53. The Morgan fingerprint density at radius 1 is 1.60 bits per heavy atom. The number of amides is 1. The second-order valence-corrected chi connectivity index (χ2v) is 3.98. The fraction of sp³-hybridized carbons (Fsp3) is 0.364. The van der Waals surface area contributed by atoms with Crippen LogP contribution in [0.3, 0.4) is 0 Å². The van der Waals surface area contributed by atoms with E-state index >= 15 is 0 Å². The number of hydrogen-bond acceptors (Lipinski definition) is 3. The van der Waals surface area contributed by atoms with Crippen LogP contribution < -0.4 is 11.1 Å². The lowest BCUT2D eigenvalue weighted by Gasteiger charge is -2.06. The zero-order valence-corrected chi connectivity index (χ0v) is 8.53. The number of carbonyl (C=O) groups is 1. The Morgan fingerprint density at radius 2 is 2.27 bits per heavy atom. The van der Waals surface area contributed by atoms with Gasteiger partial charge in [-0.3, -0.25) is 4.79 Å². The highest BCUT2D eigenvalue weighted by molar-refractivity contribution is 5.96. The van der Waals surface area contributed by atoms with Gasteiger partial charge < -0.3 is 16.2 Å². The Bertz CT molecular complexity index is 404. The minimum absolute atomic E-state index is 0.103. The zero-order chi connectivity index (χ0) is 11.0. The molecular formula is C11H14N2O2. The van der Waals surface area contributed by atoms with Crippen molar-refractivity contribution >= 4 is 5.91 Å². The number of carbonyl (C=O) groups excluding carboxylic acids is 1. The quantitative estimate of drug-likeness (QED) is 0.660. The first-order chi connectivity index (χ1) is 7.08. The molecular weight excluding hydrogens is 192 g/mol.